The van der Waals surface area contributed by atoms with Crippen LogP contribution in [0.25, 0.3) is 0 Å². The van der Waals surface area contributed by atoms with Crippen LogP contribution in [0.3, 0.4) is 0 Å². The van der Waals surface area contributed by atoms with E-state index in [0.717, 1.165) is 22.4 Å². The lowest BCUT2D eigenvalue weighted by Gasteiger charge is -2.32. The minimum Gasteiger partial charge on any atom is -0.339 e. The SMILES string of the molecule is Cc1cccc(C(=O)N[C@@H]2C(=O)Nc3n[nH]c(C)c3[C@@H]2c2ccc(F)cc2)c1. The molecule has 0 spiro atoms. The molecule has 1 aliphatic rings. The second-order valence-electron chi connectivity index (χ2n) is 6.95. The number of hydrogen-bond donors (Lipinski definition) is 3. The second kappa shape index (κ2) is 6.92. The van der Waals surface area contributed by atoms with Gasteiger partial charge in [-0.3, -0.25) is 14.7 Å². The predicted octanol–water partition coefficient (Wildman–Crippen LogP) is 3.05. The van der Waals surface area contributed by atoms with Gasteiger partial charge in [0, 0.05) is 22.7 Å². The van der Waals surface area contributed by atoms with Gasteiger partial charge >= 0.3 is 0 Å². The fourth-order valence-electron chi connectivity index (χ4n) is 3.62. The van der Waals surface area contributed by atoms with Gasteiger partial charge in [-0.15, -0.1) is 0 Å². The van der Waals surface area contributed by atoms with Crippen LogP contribution in [0.4, 0.5) is 10.2 Å². The first-order valence-corrected chi connectivity index (χ1v) is 8.93. The second-order valence-corrected chi connectivity index (χ2v) is 6.95. The number of hydrogen-bond acceptors (Lipinski definition) is 3. The molecule has 3 aromatic rings. The van der Waals surface area contributed by atoms with Crippen LogP contribution in [0, 0.1) is 19.7 Å². The van der Waals surface area contributed by atoms with Crippen molar-refractivity contribution in [1.82, 2.24) is 15.5 Å². The summed E-state index contributed by atoms with van der Waals surface area (Å²) in [5.74, 6) is -1.14. The van der Waals surface area contributed by atoms with Gasteiger partial charge in [0.25, 0.3) is 5.91 Å². The van der Waals surface area contributed by atoms with E-state index in [9.17, 15) is 14.0 Å². The molecule has 4 rings (SSSR count). The molecule has 6 nitrogen and oxygen atoms in total. The molecule has 0 saturated carbocycles. The van der Waals surface area contributed by atoms with Crippen molar-refractivity contribution in [3.8, 4) is 0 Å². The van der Waals surface area contributed by atoms with Crippen LogP contribution in [-0.4, -0.2) is 28.1 Å². The number of nitrogens with zero attached hydrogens (tertiary/aromatic N) is 1. The first-order valence-electron chi connectivity index (χ1n) is 8.93. The largest absolute Gasteiger partial charge is 0.339 e. The van der Waals surface area contributed by atoms with Crippen LogP contribution in [0.2, 0.25) is 0 Å². The Morgan fingerprint density at radius 1 is 1.14 bits per heavy atom. The molecule has 3 N–H and O–H groups in total. The molecular formula is C21H19FN4O2. The minimum absolute atomic E-state index is 0.347. The number of benzene rings is 2. The molecule has 0 unspecified atom stereocenters. The van der Waals surface area contributed by atoms with Crippen molar-refractivity contribution in [3.63, 3.8) is 0 Å². The Morgan fingerprint density at radius 2 is 1.89 bits per heavy atom. The number of amides is 2. The highest BCUT2D eigenvalue weighted by atomic mass is 19.1. The van der Waals surface area contributed by atoms with E-state index >= 15 is 0 Å². The Hall–Kier alpha value is -3.48. The standard InChI is InChI=1S/C21H19FN4O2/c1-11-4-3-5-14(10-11)20(27)23-18-17(13-6-8-15(22)9-7-13)16-12(2)25-26-19(16)24-21(18)28/h3-10,17-18H,1-2H3,(H,23,27)(H2,24,25,26,28)/t17-,18-/m0/s1. The lowest BCUT2D eigenvalue weighted by atomic mass is 9.82. The van der Waals surface area contributed by atoms with Crippen LogP contribution >= 0.6 is 0 Å². The van der Waals surface area contributed by atoms with E-state index in [1.165, 1.54) is 12.1 Å². The maximum absolute atomic E-state index is 13.4. The molecule has 28 heavy (non-hydrogen) atoms. The zero-order chi connectivity index (χ0) is 19.8. The topological polar surface area (TPSA) is 86.9 Å². The number of aryl methyl sites for hydroxylation is 2. The molecule has 0 aliphatic carbocycles. The molecule has 2 heterocycles. The van der Waals surface area contributed by atoms with Gasteiger partial charge in [-0.25, -0.2) is 4.39 Å². The van der Waals surface area contributed by atoms with E-state index in [1.807, 2.05) is 19.9 Å². The molecule has 1 aliphatic heterocycles. The summed E-state index contributed by atoms with van der Waals surface area (Å²) in [6.45, 7) is 3.74. The number of aromatic amines is 1. The van der Waals surface area contributed by atoms with Crippen molar-refractivity contribution in [2.45, 2.75) is 25.8 Å². The van der Waals surface area contributed by atoms with Crippen molar-refractivity contribution in [2.75, 3.05) is 5.32 Å². The molecule has 2 aromatic carbocycles. The average Bonchev–Trinajstić information content (AvgIpc) is 3.03. The molecule has 2 amide bonds. The van der Waals surface area contributed by atoms with E-state index in [1.54, 1.807) is 30.3 Å². The molecule has 0 saturated heterocycles. The molecule has 2 atom stereocenters. The maximum atomic E-state index is 13.4. The maximum Gasteiger partial charge on any atom is 0.251 e. The van der Waals surface area contributed by atoms with Crippen molar-refractivity contribution < 1.29 is 14.0 Å². The fraction of sp³-hybridized carbons (Fsp3) is 0.190. The van der Waals surface area contributed by atoms with Gasteiger partial charge in [0.1, 0.15) is 11.9 Å². The Balaban J connectivity index is 1.75. The summed E-state index contributed by atoms with van der Waals surface area (Å²) >= 11 is 0. The quantitative estimate of drug-likeness (QED) is 0.655. The Labute approximate surface area is 161 Å². The summed E-state index contributed by atoms with van der Waals surface area (Å²) < 4.78 is 13.4. The number of aromatic nitrogens is 2. The lowest BCUT2D eigenvalue weighted by molar-refractivity contribution is -0.118. The average molecular weight is 378 g/mol. The first kappa shape index (κ1) is 17.9. The third-order valence-electron chi connectivity index (χ3n) is 4.96. The Morgan fingerprint density at radius 3 is 2.61 bits per heavy atom. The fourth-order valence-corrected chi connectivity index (χ4v) is 3.62. The van der Waals surface area contributed by atoms with Gasteiger partial charge in [-0.05, 0) is 43.7 Å². The number of anilines is 1. The van der Waals surface area contributed by atoms with Crippen LogP contribution in [0.1, 0.15) is 38.7 Å². The van der Waals surface area contributed by atoms with Gasteiger partial charge in [-0.2, -0.15) is 5.10 Å². The number of fused-ring (bicyclic) bond motifs is 1. The zero-order valence-corrected chi connectivity index (χ0v) is 15.4. The van der Waals surface area contributed by atoms with E-state index in [0.29, 0.717) is 11.4 Å². The number of carbonyl (C=O) groups is 2. The smallest absolute Gasteiger partial charge is 0.251 e. The van der Waals surface area contributed by atoms with Gasteiger partial charge in [0.05, 0.1) is 0 Å². The van der Waals surface area contributed by atoms with Crippen molar-refractivity contribution in [1.29, 1.82) is 0 Å². The highest BCUT2D eigenvalue weighted by Crippen LogP contribution is 2.38. The number of H-pyrrole nitrogens is 1. The first-order chi connectivity index (χ1) is 13.4. The highest BCUT2D eigenvalue weighted by molar-refractivity contribution is 6.03. The number of halogens is 1. The molecule has 1 aromatic heterocycles. The van der Waals surface area contributed by atoms with Crippen molar-refractivity contribution in [2.24, 2.45) is 0 Å². The third kappa shape index (κ3) is 3.15. The van der Waals surface area contributed by atoms with Crippen LogP contribution in [0.15, 0.2) is 48.5 Å². The van der Waals surface area contributed by atoms with Gasteiger partial charge in [0.15, 0.2) is 5.82 Å². The van der Waals surface area contributed by atoms with Crippen LogP contribution < -0.4 is 10.6 Å². The number of nitrogens with one attached hydrogen (secondary N) is 3. The molecule has 0 bridgehead atoms. The van der Waals surface area contributed by atoms with Crippen molar-refractivity contribution in [3.05, 3.63) is 82.3 Å². The molecule has 7 heteroatoms. The summed E-state index contributed by atoms with van der Waals surface area (Å²) in [4.78, 5) is 25.6. The summed E-state index contributed by atoms with van der Waals surface area (Å²) in [5, 5.41) is 12.6. The number of carbonyl (C=O) groups excluding carboxylic acids is 2. The van der Waals surface area contributed by atoms with Crippen LogP contribution in [-0.2, 0) is 4.79 Å². The predicted molar refractivity (Wildman–Crippen MR) is 103 cm³/mol. The van der Waals surface area contributed by atoms with Crippen LogP contribution in [0.5, 0.6) is 0 Å². The Bertz CT molecular complexity index is 1060. The summed E-state index contributed by atoms with van der Waals surface area (Å²) in [5.41, 5.74) is 3.69. The number of rotatable bonds is 3. The molecule has 142 valence electrons. The molecule has 0 radical (unpaired) electrons. The van der Waals surface area contributed by atoms with E-state index in [4.69, 9.17) is 0 Å². The summed E-state index contributed by atoms with van der Waals surface area (Å²) in [6.07, 6.45) is 0. The normalized spacial score (nSPS) is 18.3. The lowest BCUT2D eigenvalue weighted by Crippen LogP contribution is -2.50. The highest BCUT2D eigenvalue weighted by Gasteiger charge is 2.40. The zero-order valence-electron chi connectivity index (χ0n) is 15.4. The van der Waals surface area contributed by atoms with E-state index < -0.39 is 12.0 Å². The monoisotopic (exact) mass is 378 g/mol. The summed E-state index contributed by atoms with van der Waals surface area (Å²) in [7, 11) is 0. The molecule has 0 fully saturated rings. The van der Waals surface area contributed by atoms with Crippen molar-refractivity contribution >= 4 is 17.6 Å². The Kier molecular flexibility index (Phi) is 4.43. The van der Waals surface area contributed by atoms with Gasteiger partial charge in [-0.1, -0.05) is 29.8 Å². The van der Waals surface area contributed by atoms with E-state index in [2.05, 4.69) is 20.8 Å². The van der Waals surface area contributed by atoms with Gasteiger partial charge < -0.3 is 10.6 Å². The third-order valence-corrected chi connectivity index (χ3v) is 4.96. The summed E-state index contributed by atoms with van der Waals surface area (Å²) in [6, 6.07) is 12.2. The van der Waals surface area contributed by atoms with E-state index in [-0.39, 0.29) is 17.6 Å². The minimum atomic E-state index is -0.859. The van der Waals surface area contributed by atoms with Gasteiger partial charge in [0.2, 0.25) is 5.91 Å². The molecular weight excluding hydrogens is 359 g/mol.